The normalized spacial score (nSPS) is 21.7. The van der Waals surface area contributed by atoms with Crippen LogP contribution in [0.2, 0.25) is 0 Å². The summed E-state index contributed by atoms with van der Waals surface area (Å²) in [6.45, 7) is 1.54. The van der Waals surface area contributed by atoms with E-state index in [2.05, 4.69) is 27.2 Å². The number of benzene rings is 2. The number of fused-ring (bicyclic) bond motifs is 1. The second kappa shape index (κ2) is 6.68. The largest absolute Gasteiger partial charge is 0.454 e. The molecule has 3 heterocycles. The number of aliphatic hydroxyl groups is 1. The maximum atomic E-state index is 10.2. The highest BCUT2D eigenvalue weighted by molar-refractivity contribution is 5.61. The lowest BCUT2D eigenvalue weighted by Gasteiger charge is -2.21. The van der Waals surface area contributed by atoms with Crippen LogP contribution in [0.3, 0.4) is 0 Å². The summed E-state index contributed by atoms with van der Waals surface area (Å²) in [6, 6.07) is 15.7. The first kappa shape index (κ1) is 16.3. The van der Waals surface area contributed by atoms with Gasteiger partial charge in [0, 0.05) is 18.7 Å². The van der Waals surface area contributed by atoms with Crippen LogP contribution >= 0.6 is 0 Å². The Morgan fingerprint density at radius 2 is 1.93 bits per heavy atom. The van der Waals surface area contributed by atoms with Crippen LogP contribution in [0.25, 0.3) is 11.4 Å². The molecule has 1 N–H and O–H groups in total. The van der Waals surface area contributed by atoms with Gasteiger partial charge in [-0.15, -0.1) is 0 Å². The van der Waals surface area contributed by atoms with Gasteiger partial charge in [-0.3, -0.25) is 4.90 Å². The lowest BCUT2D eigenvalue weighted by Crippen LogP contribution is -2.24. The van der Waals surface area contributed by atoms with Crippen LogP contribution in [0.4, 0.5) is 0 Å². The molecule has 27 heavy (non-hydrogen) atoms. The molecule has 138 valence electrons. The van der Waals surface area contributed by atoms with E-state index >= 15 is 0 Å². The summed E-state index contributed by atoms with van der Waals surface area (Å²) in [7, 11) is 0. The number of aliphatic hydroxyl groups excluding tert-OH is 1. The Labute approximate surface area is 156 Å². The summed E-state index contributed by atoms with van der Waals surface area (Å²) >= 11 is 0. The summed E-state index contributed by atoms with van der Waals surface area (Å²) in [4.78, 5) is 6.76. The molecule has 0 bridgehead atoms. The molecule has 2 atom stereocenters. The fourth-order valence-corrected chi connectivity index (χ4v) is 3.65. The Kier molecular flexibility index (Phi) is 4.03. The first-order valence-corrected chi connectivity index (χ1v) is 8.96. The zero-order valence-corrected chi connectivity index (χ0v) is 14.6. The van der Waals surface area contributed by atoms with E-state index in [4.69, 9.17) is 14.0 Å². The lowest BCUT2D eigenvalue weighted by molar-refractivity contribution is 0.169. The van der Waals surface area contributed by atoms with Crippen molar-refractivity contribution in [2.75, 3.05) is 13.3 Å². The molecule has 0 amide bonds. The molecule has 2 aliphatic rings. The number of hydrogen-bond acceptors (Lipinski definition) is 7. The molecule has 5 rings (SSSR count). The van der Waals surface area contributed by atoms with Crippen LogP contribution in [0, 0.1) is 0 Å². The second-order valence-corrected chi connectivity index (χ2v) is 6.84. The van der Waals surface area contributed by atoms with Gasteiger partial charge in [-0.1, -0.05) is 35.5 Å². The average Bonchev–Trinajstić information content (AvgIpc) is 3.41. The molecule has 0 saturated carbocycles. The molecular formula is C20H19N3O4. The average molecular weight is 365 g/mol. The molecule has 7 heteroatoms. The highest BCUT2D eigenvalue weighted by atomic mass is 16.7. The molecule has 2 aliphatic heterocycles. The van der Waals surface area contributed by atoms with E-state index in [0.717, 1.165) is 17.9 Å². The van der Waals surface area contributed by atoms with Gasteiger partial charge in [0.1, 0.15) is 0 Å². The van der Waals surface area contributed by atoms with Crippen LogP contribution in [-0.2, 0) is 6.54 Å². The summed E-state index contributed by atoms with van der Waals surface area (Å²) in [6.07, 6.45) is 0.176. The van der Waals surface area contributed by atoms with E-state index < -0.39 is 6.10 Å². The zero-order valence-electron chi connectivity index (χ0n) is 14.6. The summed E-state index contributed by atoms with van der Waals surface area (Å²) in [5.41, 5.74) is 1.99. The molecular weight excluding hydrogens is 346 g/mol. The van der Waals surface area contributed by atoms with Gasteiger partial charge in [-0.25, -0.2) is 0 Å². The van der Waals surface area contributed by atoms with Crippen LogP contribution in [0.5, 0.6) is 11.5 Å². The highest BCUT2D eigenvalue weighted by Gasteiger charge is 2.36. The van der Waals surface area contributed by atoms with E-state index in [1.165, 1.54) is 5.56 Å². The first-order chi connectivity index (χ1) is 13.3. The Morgan fingerprint density at radius 1 is 1.07 bits per heavy atom. The van der Waals surface area contributed by atoms with Crippen LogP contribution < -0.4 is 9.47 Å². The van der Waals surface area contributed by atoms with Gasteiger partial charge in [0.15, 0.2) is 11.5 Å². The Bertz CT molecular complexity index is 943. The van der Waals surface area contributed by atoms with Gasteiger partial charge in [-0.05, 0) is 30.2 Å². The number of likely N-dealkylation sites (tertiary alicyclic amines) is 1. The van der Waals surface area contributed by atoms with Gasteiger partial charge >= 0.3 is 0 Å². The monoisotopic (exact) mass is 365 g/mol. The molecule has 2 aromatic carbocycles. The van der Waals surface area contributed by atoms with Crippen LogP contribution in [0.15, 0.2) is 53.1 Å². The van der Waals surface area contributed by atoms with Crippen LogP contribution in [-0.4, -0.2) is 39.6 Å². The third-order valence-corrected chi connectivity index (χ3v) is 4.97. The van der Waals surface area contributed by atoms with E-state index in [1.807, 2.05) is 36.4 Å². The maximum absolute atomic E-state index is 10.2. The fraction of sp³-hybridized carbons (Fsp3) is 0.300. The smallest absolute Gasteiger partial charge is 0.244 e. The van der Waals surface area contributed by atoms with Crippen LogP contribution in [0.1, 0.15) is 23.9 Å². The summed E-state index contributed by atoms with van der Waals surface area (Å²) < 4.78 is 16.3. The predicted octanol–water partition coefficient (Wildman–Crippen LogP) is 2.77. The number of aromatic nitrogens is 2. The van der Waals surface area contributed by atoms with Crippen molar-refractivity contribution < 1.29 is 19.1 Å². The number of β-amino-alcohol motifs (C(OH)–C–C–N with tert-alkyl or cyclic N) is 1. The van der Waals surface area contributed by atoms with Crippen molar-refractivity contribution in [3.8, 4) is 22.9 Å². The number of rotatable bonds is 4. The molecule has 0 radical (unpaired) electrons. The fourth-order valence-electron chi connectivity index (χ4n) is 3.65. The minimum Gasteiger partial charge on any atom is -0.454 e. The SMILES string of the molecule is O[C@@H]1C[C@@H](c2nc(-c3ccc4c(c3)OCO4)no2)N(Cc2ccccc2)C1. The van der Waals surface area contributed by atoms with Crippen molar-refractivity contribution in [1.82, 2.24) is 15.0 Å². The molecule has 0 spiro atoms. The first-order valence-electron chi connectivity index (χ1n) is 8.96. The van der Waals surface area contributed by atoms with E-state index in [9.17, 15) is 5.11 Å². The van der Waals surface area contributed by atoms with Gasteiger partial charge < -0.3 is 19.1 Å². The highest BCUT2D eigenvalue weighted by Crippen LogP contribution is 2.37. The van der Waals surface area contributed by atoms with E-state index in [1.54, 1.807) is 0 Å². The quantitative estimate of drug-likeness (QED) is 0.761. The minimum absolute atomic E-state index is 0.101. The number of hydrogen-bond donors (Lipinski definition) is 1. The van der Waals surface area contributed by atoms with Crippen molar-refractivity contribution >= 4 is 0 Å². The van der Waals surface area contributed by atoms with Crippen molar-refractivity contribution in [3.05, 3.63) is 60.0 Å². The van der Waals surface area contributed by atoms with E-state index in [-0.39, 0.29) is 12.8 Å². The summed E-state index contributed by atoms with van der Waals surface area (Å²) in [5.74, 6) is 2.43. The molecule has 7 nitrogen and oxygen atoms in total. The van der Waals surface area contributed by atoms with E-state index in [0.29, 0.717) is 30.4 Å². The zero-order chi connectivity index (χ0) is 18.2. The number of nitrogens with zero attached hydrogens (tertiary/aromatic N) is 3. The number of ether oxygens (including phenoxy) is 2. The lowest BCUT2D eigenvalue weighted by atomic mass is 10.1. The standard InChI is InChI=1S/C20H19N3O4/c24-15-9-16(23(11-15)10-13-4-2-1-3-5-13)20-21-19(22-27-20)14-6-7-17-18(8-14)26-12-25-17/h1-8,15-16,24H,9-12H2/t15-,16+/m1/s1. The van der Waals surface area contributed by atoms with Crippen molar-refractivity contribution in [3.63, 3.8) is 0 Å². The topological polar surface area (TPSA) is 80.9 Å². The van der Waals surface area contributed by atoms with Gasteiger partial charge in [0.2, 0.25) is 18.5 Å². The maximum Gasteiger partial charge on any atom is 0.244 e. The minimum atomic E-state index is -0.403. The molecule has 1 saturated heterocycles. The van der Waals surface area contributed by atoms with Crippen molar-refractivity contribution in [2.24, 2.45) is 0 Å². The Morgan fingerprint density at radius 3 is 2.81 bits per heavy atom. The van der Waals surface area contributed by atoms with Gasteiger partial charge in [0.25, 0.3) is 0 Å². The Hall–Kier alpha value is -2.90. The molecule has 0 unspecified atom stereocenters. The van der Waals surface area contributed by atoms with Crippen molar-refractivity contribution in [2.45, 2.75) is 25.1 Å². The third-order valence-electron chi connectivity index (χ3n) is 4.97. The molecule has 0 aliphatic carbocycles. The second-order valence-electron chi connectivity index (χ2n) is 6.84. The summed E-state index contributed by atoms with van der Waals surface area (Å²) in [5, 5.41) is 14.3. The molecule has 1 aromatic heterocycles. The molecule has 3 aromatic rings. The van der Waals surface area contributed by atoms with Crippen molar-refractivity contribution in [1.29, 1.82) is 0 Å². The van der Waals surface area contributed by atoms with Gasteiger partial charge in [0.05, 0.1) is 12.1 Å². The Balaban J connectivity index is 1.39. The van der Waals surface area contributed by atoms with Gasteiger partial charge in [-0.2, -0.15) is 4.98 Å². The third kappa shape index (κ3) is 3.15. The predicted molar refractivity (Wildman–Crippen MR) is 96.1 cm³/mol. The molecule has 1 fully saturated rings.